The number of anilines is 1. The fraction of sp³-hybridized carbons (Fsp3) is 0.379. The standard InChI is InChI=1S/C29H33NO2/c1-2-3-4-5-8-18-32-21-15-16-26-25(19-21)23-12-9-13-24(23)29(30-26)28-22-11-7-6-10-20(22)14-17-27(28)31/h6-7,9-12,14-17,19,23-24,29-31H,2-5,8,13,18H2,1H3. The molecule has 0 fully saturated rings. The Morgan fingerprint density at radius 2 is 1.88 bits per heavy atom. The van der Waals surface area contributed by atoms with Crippen molar-refractivity contribution in [2.45, 2.75) is 57.4 Å². The molecule has 5 rings (SSSR count). The first-order chi connectivity index (χ1) is 15.8. The number of hydrogen-bond acceptors (Lipinski definition) is 3. The molecule has 0 amide bonds. The monoisotopic (exact) mass is 427 g/mol. The maximum absolute atomic E-state index is 10.9. The molecule has 0 saturated heterocycles. The number of hydrogen-bond donors (Lipinski definition) is 2. The Morgan fingerprint density at radius 3 is 2.78 bits per heavy atom. The van der Waals surface area contributed by atoms with E-state index in [0.717, 1.165) is 47.2 Å². The van der Waals surface area contributed by atoms with Crippen molar-refractivity contribution in [1.82, 2.24) is 0 Å². The first-order valence-electron chi connectivity index (χ1n) is 12.2. The highest BCUT2D eigenvalue weighted by atomic mass is 16.5. The number of allylic oxidation sites excluding steroid dienone is 2. The smallest absolute Gasteiger partial charge is 0.121 e. The number of nitrogens with one attached hydrogen (secondary N) is 1. The number of fused-ring (bicyclic) bond motifs is 4. The van der Waals surface area contributed by atoms with Crippen molar-refractivity contribution < 1.29 is 9.84 Å². The minimum Gasteiger partial charge on any atom is -0.508 e. The van der Waals surface area contributed by atoms with Gasteiger partial charge in [0.05, 0.1) is 12.6 Å². The van der Waals surface area contributed by atoms with Crippen LogP contribution in [0.4, 0.5) is 5.69 Å². The lowest BCUT2D eigenvalue weighted by atomic mass is 9.76. The van der Waals surface area contributed by atoms with Gasteiger partial charge in [0, 0.05) is 17.2 Å². The Hall–Kier alpha value is -2.94. The highest BCUT2D eigenvalue weighted by Gasteiger charge is 2.39. The molecule has 32 heavy (non-hydrogen) atoms. The van der Waals surface area contributed by atoms with Crippen molar-refractivity contribution in [3.8, 4) is 11.5 Å². The van der Waals surface area contributed by atoms with Crippen molar-refractivity contribution >= 4 is 16.5 Å². The minimum absolute atomic E-state index is 0.0685. The number of aromatic hydroxyl groups is 1. The lowest BCUT2D eigenvalue weighted by Gasteiger charge is -2.38. The van der Waals surface area contributed by atoms with Crippen LogP contribution in [0.5, 0.6) is 11.5 Å². The molecule has 0 bridgehead atoms. The summed E-state index contributed by atoms with van der Waals surface area (Å²) in [6.45, 7) is 3.03. The predicted octanol–water partition coefficient (Wildman–Crippen LogP) is 7.72. The van der Waals surface area contributed by atoms with Crippen molar-refractivity contribution in [1.29, 1.82) is 0 Å². The van der Waals surface area contributed by atoms with E-state index in [1.807, 2.05) is 12.1 Å². The molecule has 1 aliphatic heterocycles. The highest BCUT2D eigenvalue weighted by molar-refractivity contribution is 5.89. The van der Waals surface area contributed by atoms with Crippen LogP contribution >= 0.6 is 0 Å². The summed E-state index contributed by atoms with van der Waals surface area (Å²) in [5.41, 5.74) is 3.47. The van der Waals surface area contributed by atoms with Gasteiger partial charge in [-0.1, -0.05) is 75.1 Å². The van der Waals surface area contributed by atoms with Gasteiger partial charge in [-0.15, -0.1) is 0 Å². The third-order valence-electron chi connectivity index (χ3n) is 7.11. The average molecular weight is 428 g/mol. The highest BCUT2D eigenvalue weighted by Crippen LogP contribution is 2.52. The summed E-state index contributed by atoms with van der Waals surface area (Å²) >= 11 is 0. The molecule has 0 aromatic heterocycles. The van der Waals surface area contributed by atoms with Gasteiger partial charge in [0.15, 0.2) is 0 Å². The van der Waals surface area contributed by atoms with Crippen LogP contribution in [0.2, 0.25) is 0 Å². The molecule has 2 N–H and O–H groups in total. The van der Waals surface area contributed by atoms with E-state index in [2.05, 4.69) is 66.9 Å². The van der Waals surface area contributed by atoms with Crippen molar-refractivity contribution in [3.63, 3.8) is 0 Å². The summed E-state index contributed by atoms with van der Waals surface area (Å²) in [6, 6.07) is 18.7. The largest absolute Gasteiger partial charge is 0.508 e. The molecule has 3 aromatic carbocycles. The maximum Gasteiger partial charge on any atom is 0.121 e. The normalized spacial score (nSPS) is 21.2. The Bertz CT molecular complexity index is 1120. The molecule has 3 nitrogen and oxygen atoms in total. The molecule has 0 spiro atoms. The molecule has 0 radical (unpaired) electrons. The van der Waals surface area contributed by atoms with Gasteiger partial charge < -0.3 is 15.2 Å². The fourth-order valence-electron chi connectivity index (χ4n) is 5.45. The van der Waals surface area contributed by atoms with Crippen LogP contribution in [-0.2, 0) is 0 Å². The third-order valence-corrected chi connectivity index (χ3v) is 7.11. The van der Waals surface area contributed by atoms with Crippen LogP contribution in [0.15, 0.2) is 66.7 Å². The van der Waals surface area contributed by atoms with E-state index in [1.54, 1.807) is 0 Å². The van der Waals surface area contributed by atoms with E-state index < -0.39 is 0 Å². The minimum atomic E-state index is 0.0685. The lowest BCUT2D eigenvalue weighted by Crippen LogP contribution is -2.29. The summed E-state index contributed by atoms with van der Waals surface area (Å²) in [5.74, 6) is 2.05. The fourth-order valence-corrected chi connectivity index (χ4v) is 5.45. The molecular weight excluding hydrogens is 394 g/mol. The zero-order valence-electron chi connectivity index (χ0n) is 18.9. The van der Waals surface area contributed by atoms with Crippen LogP contribution in [0.1, 0.15) is 68.5 Å². The summed E-state index contributed by atoms with van der Waals surface area (Å²) in [7, 11) is 0. The van der Waals surface area contributed by atoms with E-state index in [0.29, 0.717) is 17.6 Å². The molecule has 3 atom stereocenters. The first kappa shape index (κ1) is 20.9. The van der Waals surface area contributed by atoms with E-state index >= 15 is 0 Å². The van der Waals surface area contributed by atoms with Crippen LogP contribution in [-0.4, -0.2) is 11.7 Å². The Morgan fingerprint density at radius 1 is 1.00 bits per heavy atom. The molecule has 3 heteroatoms. The van der Waals surface area contributed by atoms with Crippen LogP contribution in [0.3, 0.4) is 0 Å². The predicted molar refractivity (Wildman–Crippen MR) is 133 cm³/mol. The van der Waals surface area contributed by atoms with E-state index in [9.17, 15) is 5.11 Å². The summed E-state index contributed by atoms with van der Waals surface area (Å²) in [5, 5.41) is 16.9. The number of phenols is 1. The Kier molecular flexibility index (Phi) is 6.07. The second-order valence-electron chi connectivity index (χ2n) is 9.21. The van der Waals surface area contributed by atoms with Gasteiger partial charge in [0.25, 0.3) is 0 Å². The molecule has 166 valence electrons. The van der Waals surface area contributed by atoms with Gasteiger partial charge in [-0.3, -0.25) is 0 Å². The van der Waals surface area contributed by atoms with E-state index in [1.165, 1.54) is 31.2 Å². The quantitative estimate of drug-likeness (QED) is 0.285. The van der Waals surface area contributed by atoms with Gasteiger partial charge in [-0.25, -0.2) is 0 Å². The number of ether oxygens (including phenoxy) is 1. The average Bonchev–Trinajstić information content (AvgIpc) is 3.31. The molecule has 3 unspecified atom stereocenters. The first-order valence-corrected chi connectivity index (χ1v) is 12.2. The maximum atomic E-state index is 10.9. The SMILES string of the molecule is CCCCCCCOc1ccc2c(c1)C1C=CCC1C(c1c(O)ccc3ccccc13)N2. The van der Waals surface area contributed by atoms with Gasteiger partial charge in [0.1, 0.15) is 11.5 Å². The zero-order valence-corrected chi connectivity index (χ0v) is 18.9. The van der Waals surface area contributed by atoms with Gasteiger partial charge in [-0.05, 0) is 59.4 Å². The number of rotatable bonds is 8. The molecule has 0 saturated carbocycles. The number of phenolic OH excluding ortho intramolecular Hbond substituents is 1. The second-order valence-corrected chi connectivity index (χ2v) is 9.21. The van der Waals surface area contributed by atoms with Crippen LogP contribution in [0, 0.1) is 5.92 Å². The van der Waals surface area contributed by atoms with E-state index in [4.69, 9.17) is 4.74 Å². The second kappa shape index (κ2) is 9.28. The van der Waals surface area contributed by atoms with Crippen molar-refractivity contribution in [3.05, 3.63) is 77.9 Å². The van der Waals surface area contributed by atoms with Gasteiger partial charge in [0.2, 0.25) is 0 Å². The molecule has 1 aliphatic carbocycles. The van der Waals surface area contributed by atoms with Gasteiger partial charge in [-0.2, -0.15) is 0 Å². The topological polar surface area (TPSA) is 41.5 Å². The zero-order chi connectivity index (χ0) is 21.9. The summed E-state index contributed by atoms with van der Waals surface area (Å²) < 4.78 is 6.10. The van der Waals surface area contributed by atoms with Gasteiger partial charge >= 0.3 is 0 Å². The molecule has 2 aliphatic rings. The summed E-state index contributed by atoms with van der Waals surface area (Å²) in [6.07, 6.45) is 11.9. The van der Waals surface area contributed by atoms with Crippen molar-refractivity contribution in [2.24, 2.45) is 5.92 Å². The summed E-state index contributed by atoms with van der Waals surface area (Å²) in [4.78, 5) is 0. The lowest BCUT2D eigenvalue weighted by molar-refractivity contribution is 0.303. The number of benzene rings is 3. The molecule has 1 heterocycles. The Balaban J connectivity index is 1.40. The molecular formula is C29H33NO2. The Labute approximate surface area is 191 Å². The van der Waals surface area contributed by atoms with Crippen molar-refractivity contribution in [2.75, 3.05) is 11.9 Å². The van der Waals surface area contributed by atoms with Crippen LogP contribution in [0.25, 0.3) is 10.8 Å². The van der Waals surface area contributed by atoms with Crippen LogP contribution < -0.4 is 10.1 Å². The van der Waals surface area contributed by atoms with E-state index in [-0.39, 0.29) is 6.04 Å². The third kappa shape index (κ3) is 3.97. The molecule has 3 aromatic rings. The number of unbranched alkanes of at least 4 members (excludes halogenated alkanes) is 4.